The van der Waals surface area contributed by atoms with Crippen LogP contribution in [0.25, 0.3) is 0 Å². The first-order valence-electron chi connectivity index (χ1n) is 4.26. The average Bonchev–Trinajstić information content (AvgIpc) is 2.15. The summed E-state index contributed by atoms with van der Waals surface area (Å²) in [5.74, 6) is 1.73. The predicted molar refractivity (Wildman–Crippen MR) is 55.2 cm³/mol. The fourth-order valence-corrected chi connectivity index (χ4v) is 1.59. The van der Waals surface area contributed by atoms with Crippen molar-refractivity contribution in [1.82, 2.24) is 4.98 Å². The van der Waals surface area contributed by atoms with E-state index in [0.717, 1.165) is 17.1 Å². The molecule has 0 bridgehead atoms. The molecule has 0 N–H and O–H groups in total. The fraction of sp³-hybridized carbons (Fsp3) is 0.400. The molecular weight excluding hydrogens is 182 g/mol. The molecule has 0 atom stereocenters. The van der Waals surface area contributed by atoms with Crippen LogP contribution in [0.5, 0.6) is 0 Å². The van der Waals surface area contributed by atoms with Crippen molar-refractivity contribution in [3.8, 4) is 0 Å². The average molecular weight is 195 g/mol. The van der Waals surface area contributed by atoms with Crippen LogP contribution in [0.1, 0.15) is 24.2 Å². The van der Waals surface area contributed by atoms with E-state index in [-0.39, 0.29) is 0 Å². The van der Waals surface area contributed by atoms with E-state index in [1.807, 2.05) is 6.07 Å². The molecule has 2 nitrogen and oxygen atoms in total. The minimum Gasteiger partial charge on any atom is -0.298 e. The van der Waals surface area contributed by atoms with Gasteiger partial charge >= 0.3 is 0 Å². The highest BCUT2D eigenvalue weighted by molar-refractivity contribution is 7.99. The van der Waals surface area contributed by atoms with Crippen molar-refractivity contribution < 1.29 is 4.79 Å². The van der Waals surface area contributed by atoms with Crippen molar-refractivity contribution in [2.24, 2.45) is 5.92 Å². The van der Waals surface area contributed by atoms with Gasteiger partial charge in [0.25, 0.3) is 0 Å². The van der Waals surface area contributed by atoms with Crippen LogP contribution in [0, 0.1) is 5.92 Å². The molecule has 1 heterocycles. The topological polar surface area (TPSA) is 30.0 Å². The summed E-state index contributed by atoms with van der Waals surface area (Å²) in [4.78, 5) is 14.5. The molecule has 0 saturated heterocycles. The van der Waals surface area contributed by atoms with Crippen LogP contribution in [0.4, 0.5) is 0 Å². The SMILES string of the molecule is CC(C)CSc1ccc(C=O)cn1. The summed E-state index contributed by atoms with van der Waals surface area (Å²) in [5.41, 5.74) is 0.633. The minimum absolute atomic E-state index is 0.633. The third-order valence-corrected chi connectivity index (χ3v) is 2.83. The molecule has 0 unspecified atom stereocenters. The lowest BCUT2D eigenvalue weighted by Gasteiger charge is -2.02. The number of hydrogen-bond acceptors (Lipinski definition) is 3. The maximum Gasteiger partial charge on any atom is 0.151 e. The molecule has 0 aliphatic heterocycles. The van der Waals surface area contributed by atoms with Crippen LogP contribution in [0.3, 0.4) is 0 Å². The molecule has 0 radical (unpaired) electrons. The van der Waals surface area contributed by atoms with Gasteiger partial charge in [-0.15, -0.1) is 11.8 Å². The molecule has 0 amide bonds. The summed E-state index contributed by atoms with van der Waals surface area (Å²) in [6.45, 7) is 4.35. The van der Waals surface area contributed by atoms with Gasteiger partial charge in [0.15, 0.2) is 6.29 Å². The Morgan fingerprint density at radius 1 is 1.54 bits per heavy atom. The number of aldehydes is 1. The smallest absolute Gasteiger partial charge is 0.151 e. The lowest BCUT2D eigenvalue weighted by Crippen LogP contribution is -1.91. The van der Waals surface area contributed by atoms with Gasteiger partial charge in [-0.05, 0) is 18.1 Å². The Kier molecular flexibility index (Phi) is 3.96. The van der Waals surface area contributed by atoms with Crippen LogP contribution in [0.2, 0.25) is 0 Å². The van der Waals surface area contributed by atoms with Gasteiger partial charge in [0.1, 0.15) is 0 Å². The molecule has 70 valence electrons. The zero-order valence-corrected chi connectivity index (χ0v) is 8.67. The van der Waals surface area contributed by atoms with E-state index in [4.69, 9.17) is 0 Å². The van der Waals surface area contributed by atoms with E-state index in [1.54, 1.807) is 24.0 Å². The first kappa shape index (κ1) is 10.3. The number of pyridine rings is 1. The van der Waals surface area contributed by atoms with Gasteiger partial charge in [0.05, 0.1) is 5.03 Å². The Morgan fingerprint density at radius 3 is 2.77 bits per heavy atom. The van der Waals surface area contributed by atoms with Crippen LogP contribution < -0.4 is 0 Å². The van der Waals surface area contributed by atoms with E-state index in [0.29, 0.717) is 11.5 Å². The summed E-state index contributed by atoms with van der Waals surface area (Å²) >= 11 is 1.72. The van der Waals surface area contributed by atoms with E-state index in [2.05, 4.69) is 18.8 Å². The van der Waals surface area contributed by atoms with Crippen molar-refractivity contribution in [3.05, 3.63) is 23.9 Å². The number of carbonyl (C=O) groups excluding carboxylic acids is 1. The fourth-order valence-electron chi connectivity index (χ4n) is 0.799. The highest BCUT2D eigenvalue weighted by Crippen LogP contribution is 2.17. The van der Waals surface area contributed by atoms with Crippen molar-refractivity contribution in [2.45, 2.75) is 18.9 Å². The summed E-state index contributed by atoms with van der Waals surface area (Å²) in [5, 5.41) is 0.985. The van der Waals surface area contributed by atoms with Gasteiger partial charge in [-0.25, -0.2) is 4.98 Å². The predicted octanol–water partition coefficient (Wildman–Crippen LogP) is 2.64. The maximum absolute atomic E-state index is 10.3. The highest BCUT2D eigenvalue weighted by atomic mass is 32.2. The Morgan fingerprint density at radius 2 is 2.31 bits per heavy atom. The molecule has 0 spiro atoms. The second-order valence-corrected chi connectivity index (χ2v) is 4.29. The zero-order chi connectivity index (χ0) is 9.68. The Hall–Kier alpha value is -0.830. The molecule has 1 aromatic rings. The van der Waals surface area contributed by atoms with Crippen LogP contribution in [-0.2, 0) is 0 Å². The molecule has 13 heavy (non-hydrogen) atoms. The van der Waals surface area contributed by atoms with Gasteiger partial charge < -0.3 is 0 Å². The lowest BCUT2D eigenvalue weighted by atomic mass is 10.3. The van der Waals surface area contributed by atoms with E-state index >= 15 is 0 Å². The first-order valence-corrected chi connectivity index (χ1v) is 5.25. The molecule has 0 aliphatic rings. The molecule has 0 aromatic carbocycles. The Labute approximate surface area is 82.8 Å². The van der Waals surface area contributed by atoms with Crippen molar-refractivity contribution >= 4 is 18.0 Å². The van der Waals surface area contributed by atoms with E-state index < -0.39 is 0 Å². The van der Waals surface area contributed by atoms with Crippen LogP contribution >= 0.6 is 11.8 Å². The standard InChI is InChI=1S/C10H13NOS/c1-8(2)7-13-10-4-3-9(6-12)5-11-10/h3-6,8H,7H2,1-2H3. The van der Waals surface area contributed by atoms with E-state index in [9.17, 15) is 4.79 Å². The molecule has 0 saturated carbocycles. The van der Waals surface area contributed by atoms with E-state index in [1.165, 1.54) is 0 Å². The number of hydrogen-bond donors (Lipinski definition) is 0. The third-order valence-electron chi connectivity index (χ3n) is 1.46. The second kappa shape index (κ2) is 5.02. The molecule has 1 rings (SSSR count). The van der Waals surface area contributed by atoms with Gasteiger partial charge in [-0.3, -0.25) is 4.79 Å². The van der Waals surface area contributed by atoms with Gasteiger partial charge in [-0.2, -0.15) is 0 Å². The summed E-state index contributed by atoms with van der Waals surface area (Å²) in [6.07, 6.45) is 2.42. The number of rotatable bonds is 4. The van der Waals surface area contributed by atoms with Gasteiger partial charge in [-0.1, -0.05) is 13.8 Å². The lowest BCUT2D eigenvalue weighted by molar-refractivity contribution is 0.112. The van der Waals surface area contributed by atoms with Gasteiger partial charge in [0.2, 0.25) is 0 Å². The van der Waals surface area contributed by atoms with Crippen molar-refractivity contribution in [1.29, 1.82) is 0 Å². The molecule has 1 aromatic heterocycles. The zero-order valence-electron chi connectivity index (χ0n) is 7.86. The number of thioether (sulfide) groups is 1. The monoisotopic (exact) mass is 195 g/mol. The largest absolute Gasteiger partial charge is 0.298 e. The summed E-state index contributed by atoms with van der Waals surface area (Å²) in [6, 6.07) is 3.68. The number of aromatic nitrogens is 1. The van der Waals surface area contributed by atoms with Crippen molar-refractivity contribution in [2.75, 3.05) is 5.75 Å². The summed E-state index contributed by atoms with van der Waals surface area (Å²) in [7, 11) is 0. The van der Waals surface area contributed by atoms with Gasteiger partial charge in [0, 0.05) is 17.5 Å². The normalized spacial score (nSPS) is 10.4. The quantitative estimate of drug-likeness (QED) is 0.546. The number of carbonyl (C=O) groups is 1. The van der Waals surface area contributed by atoms with Crippen LogP contribution in [-0.4, -0.2) is 17.0 Å². The van der Waals surface area contributed by atoms with Crippen LogP contribution in [0.15, 0.2) is 23.4 Å². The maximum atomic E-state index is 10.3. The Balaban J connectivity index is 2.54. The Bertz CT molecular complexity index is 269. The second-order valence-electron chi connectivity index (χ2n) is 3.25. The summed E-state index contributed by atoms with van der Waals surface area (Å²) < 4.78 is 0. The molecule has 0 aliphatic carbocycles. The molecular formula is C10H13NOS. The van der Waals surface area contributed by atoms with Crippen molar-refractivity contribution in [3.63, 3.8) is 0 Å². The first-order chi connectivity index (χ1) is 6.22. The third kappa shape index (κ3) is 3.59. The minimum atomic E-state index is 0.633. The highest BCUT2D eigenvalue weighted by Gasteiger charge is 1.98. The number of nitrogens with zero attached hydrogens (tertiary/aromatic N) is 1. The molecule has 3 heteroatoms. The molecule has 0 fully saturated rings.